The lowest BCUT2D eigenvalue weighted by Crippen LogP contribution is -2.52. The zero-order valence-corrected chi connectivity index (χ0v) is 22.0. The monoisotopic (exact) mass is 526 g/mol. The fourth-order valence-corrected chi connectivity index (χ4v) is 5.25. The number of anilines is 1. The van der Waals surface area contributed by atoms with Crippen LogP contribution < -0.4 is 9.64 Å². The molecule has 4 heterocycles. The molecule has 0 amide bonds. The van der Waals surface area contributed by atoms with Crippen molar-refractivity contribution in [3.63, 3.8) is 0 Å². The van der Waals surface area contributed by atoms with Gasteiger partial charge in [0.2, 0.25) is 5.88 Å². The van der Waals surface area contributed by atoms with Crippen LogP contribution in [0.3, 0.4) is 0 Å². The van der Waals surface area contributed by atoms with Gasteiger partial charge >= 0.3 is 0 Å². The summed E-state index contributed by atoms with van der Waals surface area (Å²) in [5.74, 6) is 1.91. The number of nitrogens with zero attached hydrogens (tertiary/aromatic N) is 6. The largest absolute Gasteiger partial charge is 0.473 e. The Labute approximate surface area is 227 Å². The van der Waals surface area contributed by atoms with E-state index < -0.39 is 5.82 Å². The Hall–Kier alpha value is -4.00. The molecule has 2 aromatic heterocycles. The van der Waals surface area contributed by atoms with Gasteiger partial charge in [0, 0.05) is 43.9 Å². The molecule has 0 aliphatic carbocycles. The molecule has 0 saturated carbocycles. The second-order valence-electron chi connectivity index (χ2n) is 10.2. The van der Waals surface area contributed by atoms with Gasteiger partial charge in [0.1, 0.15) is 24.1 Å². The molecule has 4 aromatic rings. The van der Waals surface area contributed by atoms with Crippen LogP contribution >= 0.6 is 0 Å². The van der Waals surface area contributed by atoms with Crippen LogP contribution in [0.25, 0.3) is 11.0 Å². The van der Waals surface area contributed by atoms with Crippen LogP contribution in [-0.2, 0) is 24.4 Å². The first kappa shape index (κ1) is 25.3. The Balaban J connectivity index is 1.11. The molecule has 2 atom stereocenters. The van der Waals surface area contributed by atoms with Crippen molar-refractivity contribution >= 4 is 16.9 Å². The number of benzene rings is 2. The van der Waals surface area contributed by atoms with Crippen molar-refractivity contribution < 1.29 is 13.9 Å². The van der Waals surface area contributed by atoms with E-state index in [0.29, 0.717) is 17.5 Å². The Morgan fingerprint density at radius 1 is 1.10 bits per heavy atom. The lowest BCUT2D eigenvalue weighted by atomic mass is 10.1. The lowest BCUT2D eigenvalue weighted by molar-refractivity contribution is -0.0592. The summed E-state index contributed by atoms with van der Waals surface area (Å²) in [6.45, 7) is 7.29. The van der Waals surface area contributed by atoms with E-state index in [-0.39, 0.29) is 18.3 Å². The first-order valence-electron chi connectivity index (χ1n) is 13.4. The number of ether oxygens (including phenoxy) is 2. The molecule has 200 valence electrons. The predicted molar refractivity (Wildman–Crippen MR) is 146 cm³/mol. The molecule has 6 rings (SSSR count). The third-order valence-corrected chi connectivity index (χ3v) is 7.61. The third kappa shape index (κ3) is 5.44. The number of imidazole rings is 1. The topological polar surface area (TPSA) is 79.4 Å². The highest BCUT2D eigenvalue weighted by Gasteiger charge is 2.28. The zero-order valence-electron chi connectivity index (χ0n) is 22.0. The molecule has 2 aliphatic heterocycles. The SMILES string of the molecule is C[C@H]1CN(c2cccc(OCc3ccc(C#N)cc3F)n2)CCN1Cc1nc2ccccc2n1C[C@@H]1CCO1. The van der Waals surface area contributed by atoms with Gasteiger partial charge in [-0.2, -0.15) is 10.2 Å². The Morgan fingerprint density at radius 2 is 1.97 bits per heavy atom. The highest BCUT2D eigenvalue weighted by atomic mass is 19.1. The van der Waals surface area contributed by atoms with Crippen molar-refractivity contribution in [2.24, 2.45) is 0 Å². The average molecular weight is 527 g/mol. The molecule has 2 fully saturated rings. The summed E-state index contributed by atoms with van der Waals surface area (Å²) in [7, 11) is 0. The number of rotatable bonds is 8. The van der Waals surface area contributed by atoms with E-state index in [4.69, 9.17) is 19.7 Å². The molecule has 9 heteroatoms. The number of halogens is 1. The van der Waals surface area contributed by atoms with Crippen molar-refractivity contribution in [2.75, 3.05) is 31.1 Å². The van der Waals surface area contributed by atoms with E-state index in [9.17, 15) is 4.39 Å². The molecule has 39 heavy (non-hydrogen) atoms. The maximum atomic E-state index is 14.2. The minimum atomic E-state index is -0.455. The Bertz CT molecular complexity index is 1510. The Morgan fingerprint density at radius 3 is 2.74 bits per heavy atom. The van der Waals surface area contributed by atoms with Gasteiger partial charge < -0.3 is 18.9 Å². The van der Waals surface area contributed by atoms with Gasteiger partial charge in [-0.25, -0.2) is 9.37 Å². The van der Waals surface area contributed by atoms with E-state index in [1.165, 1.54) is 6.07 Å². The molecule has 2 aliphatic rings. The molecular weight excluding hydrogens is 495 g/mol. The van der Waals surface area contributed by atoms with Gasteiger partial charge in [0.05, 0.1) is 41.9 Å². The standard InChI is InChI=1S/C30H31FN6O2/c1-21-17-36(28-7-4-8-30(34-28)39-20-23-10-9-22(16-32)15-25(23)31)13-12-35(21)19-29-33-26-5-2-3-6-27(26)37(29)18-24-11-14-38-24/h2-10,15,21,24H,11-14,17-20H2,1H3/t21-,24-/m0/s1. The number of piperazine rings is 1. The van der Waals surface area contributed by atoms with E-state index >= 15 is 0 Å². The quantitative estimate of drug-likeness (QED) is 0.334. The molecule has 0 radical (unpaired) electrons. The third-order valence-electron chi connectivity index (χ3n) is 7.61. The van der Waals surface area contributed by atoms with Crippen molar-refractivity contribution in [2.45, 2.75) is 45.2 Å². The number of nitriles is 1. The number of hydrogen-bond donors (Lipinski definition) is 0. The second-order valence-corrected chi connectivity index (χ2v) is 10.2. The van der Waals surface area contributed by atoms with Crippen molar-refractivity contribution in [1.82, 2.24) is 19.4 Å². The fraction of sp³-hybridized carbons (Fsp3) is 0.367. The first-order chi connectivity index (χ1) is 19.1. The van der Waals surface area contributed by atoms with Gasteiger partial charge in [-0.05, 0) is 43.7 Å². The summed E-state index contributed by atoms with van der Waals surface area (Å²) in [4.78, 5) is 14.4. The van der Waals surface area contributed by atoms with Crippen LogP contribution in [0.5, 0.6) is 5.88 Å². The van der Waals surface area contributed by atoms with E-state index in [1.807, 2.05) is 24.3 Å². The molecule has 0 N–H and O–H groups in total. The molecule has 0 unspecified atom stereocenters. The highest BCUT2D eigenvalue weighted by Crippen LogP contribution is 2.25. The minimum Gasteiger partial charge on any atom is -0.473 e. The summed E-state index contributed by atoms with van der Waals surface area (Å²) in [6.07, 6.45) is 1.36. The number of para-hydroxylation sites is 2. The van der Waals surface area contributed by atoms with Crippen LogP contribution in [0.1, 0.15) is 30.3 Å². The Kier molecular flexibility index (Phi) is 7.14. The maximum Gasteiger partial charge on any atom is 0.215 e. The molecule has 0 bridgehead atoms. The zero-order chi connectivity index (χ0) is 26.8. The van der Waals surface area contributed by atoms with Crippen molar-refractivity contribution in [3.05, 3.63) is 83.4 Å². The first-order valence-corrected chi connectivity index (χ1v) is 13.4. The maximum absolute atomic E-state index is 14.2. The smallest absolute Gasteiger partial charge is 0.215 e. The van der Waals surface area contributed by atoms with E-state index in [1.54, 1.807) is 18.2 Å². The van der Waals surface area contributed by atoms with Gasteiger partial charge in [-0.3, -0.25) is 4.90 Å². The number of pyridine rings is 1. The molecule has 2 aromatic carbocycles. The lowest BCUT2D eigenvalue weighted by Gasteiger charge is -2.40. The summed E-state index contributed by atoms with van der Waals surface area (Å²) in [6, 6.07) is 20.6. The summed E-state index contributed by atoms with van der Waals surface area (Å²) >= 11 is 0. The van der Waals surface area contributed by atoms with Gasteiger partial charge in [-0.1, -0.05) is 24.3 Å². The van der Waals surface area contributed by atoms with Gasteiger partial charge in [-0.15, -0.1) is 0 Å². The summed E-state index contributed by atoms with van der Waals surface area (Å²) in [5, 5.41) is 8.93. The normalized spacial score (nSPS) is 19.6. The fourth-order valence-electron chi connectivity index (χ4n) is 5.25. The summed E-state index contributed by atoms with van der Waals surface area (Å²) in [5.41, 5.74) is 2.86. The van der Waals surface area contributed by atoms with Crippen molar-refractivity contribution in [3.8, 4) is 11.9 Å². The van der Waals surface area contributed by atoms with Crippen molar-refractivity contribution in [1.29, 1.82) is 5.26 Å². The highest BCUT2D eigenvalue weighted by molar-refractivity contribution is 5.75. The molecule has 0 spiro atoms. The van der Waals surface area contributed by atoms with Crippen LogP contribution in [0, 0.1) is 17.1 Å². The van der Waals surface area contributed by atoms with E-state index in [2.05, 4.69) is 44.5 Å². The minimum absolute atomic E-state index is 0.0467. The van der Waals surface area contributed by atoms with Crippen LogP contribution in [-0.4, -0.2) is 57.8 Å². The second kappa shape index (κ2) is 11.0. The van der Waals surface area contributed by atoms with Gasteiger partial charge in [0.15, 0.2) is 0 Å². The van der Waals surface area contributed by atoms with E-state index in [0.717, 1.165) is 68.4 Å². The summed E-state index contributed by atoms with van der Waals surface area (Å²) < 4.78 is 28.1. The molecule has 8 nitrogen and oxygen atoms in total. The number of aromatic nitrogens is 3. The van der Waals surface area contributed by atoms with Crippen LogP contribution in [0.4, 0.5) is 10.2 Å². The van der Waals surface area contributed by atoms with Gasteiger partial charge in [0.25, 0.3) is 0 Å². The molecular formula is C30H31FN6O2. The van der Waals surface area contributed by atoms with Crippen LogP contribution in [0.2, 0.25) is 0 Å². The predicted octanol–water partition coefficient (Wildman–Crippen LogP) is 4.52. The average Bonchev–Trinajstić information content (AvgIpc) is 3.28. The number of hydrogen-bond acceptors (Lipinski definition) is 7. The number of fused-ring (bicyclic) bond motifs is 1. The van der Waals surface area contributed by atoms with Crippen LogP contribution in [0.15, 0.2) is 60.7 Å². The molecule has 2 saturated heterocycles.